The van der Waals surface area contributed by atoms with Crippen LogP contribution in [0.25, 0.3) is 0 Å². The van der Waals surface area contributed by atoms with Crippen LogP contribution in [0.1, 0.15) is 68.2 Å². The first-order valence-electron chi connectivity index (χ1n) is 8.44. The van der Waals surface area contributed by atoms with E-state index in [4.69, 9.17) is 14.7 Å². The predicted octanol–water partition coefficient (Wildman–Crippen LogP) is 2.88. The number of hydrogen-bond donors (Lipinski definition) is 1. The number of nitrogens with zero attached hydrogens (tertiary/aromatic N) is 2. The zero-order valence-electron chi connectivity index (χ0n) is 13.4. The summed E-state index contributed by atoms with van der Waals surface area (Å²) in [6.45, 7) is 4.12. The highest BCUT2D eigenvalue weighted by molar-refractivity contribution is 5.29. The fraction of sp³-hybridized carbons (Fsp3) is 0.765. The maximum absolute atomic E-state index is 5.99. The Bertz CT molecular complexity index is 476. The summed E-state index contributed by atoms with van der Waals surface area (Å²) < 4.78 is 5.99. The van der Waals surface area contributed by atoms with Crippen LogP contribution in [0.3, 0.4) is 0 Å². The molecule has 1 aromatic heterocycles. The Hall–Kier alpha value is -1.00. The van der Waals surface area contributed by atoms with Crippen molar-refractivity contribution in [2.24, 2.45) is 0 Å². The number of rotatable bonds is 3. The first-order chi connectivity index (χ1) is 10.3. The largest absolute Gasteiger partial charge is 0.370 e. The van der Waals surface area contributed by atoms with Gasteiger partial charge in [0.1, 0.15) is 5.60 Å². The van der Waals surface area contributed by atoms with Gasteiger partial charge in [0.05, 0.1) is 5.69 Å². The second-order valence-corrected chi connectivity index (χ2v) is 6.31. The van der Waals surface area contributed by atoms with Gasteiger partial charge in [0.2, 0.25) is 0 Å². The van der Waals surface area contributed by atoms with Gasteiger partial charge in [-0.3, -0.25) is 0 Å². The molecule has 0 bridgehead atoms. The SMILES string of the molecule is CCc1nc(C2(OC)CCCCCC2)nc2c1CNCC2. The first-order valence-corrected chi connectivity index (χ1v) is 8.44. The van der Waals surface area contributed by atoms with Gasteiger partial charge in [-0.1, -0.05) is 32.6 Å². The van der Waals surface area contributed by atoms with Crippen molar-refractivity contribution < 1.29 is 4.74 Å². The van der Waals surface area contributed by atoms with E-state index in [-0.39, 0.29) is 5.60 Å². The van der Waals surface area contributed by atoms with Gasteiger partial charge in [0.15, 0.2) is 5.82 Å². The number of aryl methyl sites for hydroxylation is 1. The highest BCUT2D eigenvalue weighted by atomic mass is 16.5. The van der Waals surface area contributed by atoms with Gasteiger partial charge < -0.3 is 10.1 Å². The van der Waals surface area contributed by atoms with E-state index >= 15 is 0 Å². The molecule has 1 N–H and O–H groups in total. The Kier molecular flexibility index (Phi) is 4.55. The van der Waals surface area contributed by atoms with Crippen LogP contribution in [-0.4, -0.2) is 23.6 Å². The van der Waals surface area contributed by atoms with Crippen molar-refractivity contribution in [2.75, 3.05) is 13.7 Å². The molecule has 2 aliphatic rings. The van der Waals surface area contributed by atoms with Gasteiger partial charge >= 0.3 is 0 Å². The zero-order valence-corrected chi connectivity index (χ0v) is 13.4. The molecule has 2 heterocycles. The Balaban J connectivity index is 2.03. The highest BCUT2D eigenvalue weighted by Crippen LogP contribution is 2.38. The molecule has 0 unspecified atom stereocenters. The molecule has 1 aromatic rings. The molecule has 0 spiro atoms. The average molecular weight is 289 g/mol. The molecule has 0 aromatic carbocycles. The van der Waals surface area contributed by atoms with Crippen LogP contribution >= 0.6 is 0 Å². The van der Waals surface area contributed by atoms with Crippen LogP contribution in [-0.2, 0) is 29.7 Å². The number of aromatic nitrogens is 2. The summed E-state index contributed by atoms with van der Waals surface area (Å²) in [5, 5.41) is 3.44. The minimum Gasteiger partial charge on any atom is -0.370 e. The van der Waals surface area contributed by atoms with Gasteiger partial charge in [-0.15, -0.1) is 0 Å². The van der Waals surface area contributed by atoms with Crippen molar-refractivity contribution in [3.63, 3.8) is 0 Å². The molecule has 1 fully saturated rings. The summed E-state index contributed by atoms with van der Waals surface area (Å²) >= 11 is 0. The lowest BCUT2D eigenvalue weighted by atomic mass is 9.92. The van der Waals surface area contributed by atoms with Crippen LogP contribution in [0.15, 0.2) is 0 Å². The number of nitrogens with one attached hydrogen (secondary N) is 1. The number of hydrogen-bond acceptors (Lipinski definition) is 4. The topological polar surface area (TPSA) is 47.0 Å². The third-order valence-electron chi connectivity index (χ3n) is 5.06. The third kappa shape index (κ3) is 2.84. The lowest BCUT2D eigenvalue weighted by molar-refractivity contribution is -0.0355. The van der Waals surface area contributed by atoms with E-state index in [1.807, 2.05) is 7.11 Å². The third-order valence-corrected chi connectivity index (χ3v) is 5.06. The van der Waals surface area contributed by atoms with Gasteiger partial charge in [0.25, 0.3) is 0 Å². The molecule has 116 valence electrons. The van der Waals surface area contributed by atoms with E-state index in [9.17, 15) is 0 Å². The van der Waals surface area contributed by atoms with Crippen LogP contribution < -0.4 is 5.32 Å². The van der Waals surface area contributed by atoms with Crippen LogP contribution in [0.2, 0.25) is 0 Å². The van der Waals surface area contributed by atoms with Crippen molar-refractivity contribution in [2.45, 2.75) is 70.4 Å². The smallest absolute Gasteiger partial charge is 0.160 e. The molecule has 1 aliphatic carbocycles. The summed E-state index contributed by atoms with van der Waals surface area (Å²) in [7, 11) is 1.83. The van der Waals surface area contributed by atoms with Gasteiger partial charge in [-0.2, -0.15) is 0 Å². The summed E-state index contributed by atoms with van der Waals surface area (Å²) in [6.07, 6.45) is 9.15. The van der Waals surface area contributed by atoms with Gasteiger partial charge in [-0.05, 0) is 19.3 Å². The van der Waals surface area contributed by atoms with Gasteiger partial charge in [0, 0.05) is 37.9 Å². The Labute approximate surface area is 127 Å². The van der Waals surface area contributed by atoms with Crippen molar-refractivity contribution in [3.05, 3.63) is 22.8 Å². The van der Waals surface area contributed by atoms with Crippen LogP contribution in [0, 0.1) is 0 Å². The Morgan fingerprint density at radius 2 is 1.90 bits per heavy atom. The van der Waals surface area contributed by atoms with E-state index < -0.39 is 0 Å². The fourth-order valence-corrected chi connectivity index (χ4v) is 3.73. The fourth-order valence-electron chi connectivity index (χ4n) is 3.73. The minimum atomic E-state index is -0.250. The molecule has 1 aliphatic heterocycles. The molecule has 4 nitrogen and oxygen atoms in total. The zero-order chi connectivity index (χ0) is 14.7. The number of fused-ring (bicyclic) bond motifs is 1. The van der Waals surface area contributed by atoms with Crippen LogP contribution in [0.4, 0.5) is 0 Å². The van der Waals surface area contributed by atoms with E-state index in [2.05, 4.69) is 12.2 Å². The maximum Gasteiger partial charge on any atom is 0.160 e. The standard InChI is InChI=1S/C17H27N3O/c1-3-14-13-12-18-11-8-15(13)20-16(19-14)17(21-2)9-6-4-5-7-10-17/h18H,3-12H2,1-2H3. The molecule has 1 saturated carbocycles. The molecule has 3 rings (SSSR count). The quantitative estimate of drug-likeness (QED) is 0.869. The molecule has 0 atom stereocenters. The molecular formula is C17H27N3O. The maximum atomic E-state index is 5.99. The van der Waals surface area contributed by atoms with E-state index in [0.29, 0.717) is 0 Å². The van der Waals surface area contributed by atoms with Crippen molar-refractivity contribution in [3.8, 4) is 0 Å². The average Bonchev–Trinajstić information content (AvgIpc) is 2.80. The molecule has 21 heavy (non-hydrogen) atoms. The molecule has 4 heteroatoms. The lowest BCUT2D eigenvalue weighted by Gasteiger charge is -2.31. The Morgan fingerprint density at radius 3 is 2.57 bits per heavy atom. The summed E-state index contributed by atoms with van der Waals surface area (Å²) in [5.74, 6) is 0.949. The first kappa shape index (κ1) is 14.9. The van der Waals surface area contributed by atoms with E-state index in [1.54, 1.807) is 0 Å². The molecule has 0 saturated heterocycles. The number of methoxy groups -OCH3 is 1. The molecule has 0 radical (unpaired) electrons. The van der Waals surface area contributed by atoms with Crippen molar-refractivity contribution in [1.82, 2.24) is 15.3 Å². The summed E-state index contributed by atoms with van der Waals surface area (Å²) in [6, 6.07) is 0. The second kappa shape index (κ2) is 6.41. The number of ether oxygens (including phenoxy) is 1. The summed E-state index contributed by atoms with van der Waals surface area (Å²) in [4.78, 5) is 9.89. The van der Waals surface area contributed by atoms with Crippen LogP contribution in [0.5, 0.6) is 0 Å². The molecular weight excluding hydrogens is 262 g/mol. The Morgan fingerprint density at radius 1 is 1.14 bits per heavy atom. The summed E-state index contributed by atoms with van der Waals surface area (Å²) in [5.41, 5.74) is 3.53. The van der Waals surface area contributed by atoms with E-state index in [1.165, 1.54) is 42.6 Å². The lowest BCUT2D eigenvalue weighted by Crippen LogP contribution is -2.34. The predicted molar refractivity (Wildman–Crippen MR) is 83.2 cm³/mol. The second-order valence-electron chi connectivity index (χ2n) is 6.31. The minimum absolute atomic E-state index is 0.250. The van der Waals surface area contributed by atoms with Gasteiger partial charge in [-0.25, -0.2) is 9.97 Å². The van der Waals surface area contributed by atoms with E-state index in [0.717, 1.165) is 44.6 Å². The highest BCUT2D eigenvalue weighted by Gasteiger charge is 2.36. The monoisotopic (exact) mass is 289 g/mol. The van der Waals surface area contributed by atoms with Crippen molar-refractivity contribution in [1.29, 1.82) is 0 Å². The molecule has 0 amide bonds. The van der Waals surface area contributed by atoms with Crippen molar-refractivity contribution >= 4 is 0 Å². The normalized spacial score (nSPS) is 21.6.